The number of anilines is 2. The van der Waals surface area contributed by atoms with Crippen molar-refractivity contribution >= 4 is 17.8 Å². The van der Waals surface area contributed by atoms with Crippen LogP contribution >= 0.6 is 0 Å². The monoisotopic (exact) mass is 569 g/mol. The van der Waals surface area contributed by atoms with Crippen LogP contribution in [0.5, 0.6) is 11.6 Å². The molecule has 2 amide bonds. The number of hydrogen-bond donors (Lipinski definition) is 2. The molecule has 3 heterocycles. The largest absolute Gasteiger partial charge is 0.439 e. The van der Waals surface area contributed by atoms with Crippen LogP contribution in [0.2, 0.25) is 0 Å². The summed E-state index contributed by atoms with van der Waals surface area (Å²) in [5, 5.41) is 10.8. The van der Waals surface area contributed by atoms with Gasteiger partial charge in [0.15, 0.2) is 0 Å². The van der Waals surface area contributed by atoms with Crippen molar-refractivity contribution in [3.63, 3.8) is 0 Å². The summed E-state index contributed by atoms with van der Waals surface area (Å²) < 4.78 is 13.4. The number of morpholine rings is 1. The molecule has 2 N–H and O–H groups in total. The van der Waals surface area contributed by atoms with Crippen LogP contribution in [0.15, 0.2) is 66.9 Å². The number of amides is 2. The number of benzene rings is 2. The van der Waals surface area contributed by atoms with Crippen LogP contribution in [0.4, 0.5) is 16.6 Å². The van der Waals surface area contributed by atoms with Gasteiger partial charge in [0.2, 0.25) is 11.8 Å². The average molecular weight is 570 g/mol. The predicted molar refractivity (Wildman–Crippen MR) is 164 cm³/mol. The molecule has 2 aromatic heterocycles. The van der Waals surface area contributed by atoms with Crippen LogP contribution in [0.3, 0.4) is 0 Å². The summed E-state index contributed by atoms with van der Waals surface area (Å²) >= 11 is 0. The van der Waals surface area contributed by atoms with E-state index in [4.69, 9.17) is 14.6 Å². The van der Waals surface area contributed by atoms with Gasteiger partial charge in [0.1, 0.15) is 11.6 Å². The van der Waals surface area contributed by atoms with E-state index < -0.39 is 0 Å². The van der Waals surface area contributed by atoms with E-state index in [0.29, 0.717) is 42.5 Å². The first-order chi connectivity index (χ1) is 20.2. The van der Waals surface area contributed by atoms with Crippen molar-refractivity contribution in [2.45, 2.75) is 52.5 Å². The van der Waals surface area contributed by atoms with Crippen LogP contribution in [0.1, 0.15) is 57.4 Å². The molecule has 0 radical (unpaired) electrons. The van der Waals surface area contributed by atoms with Crippen LogP contribution in [-0.4, -0.2) is 52.1 Å². The summed E-state index contributed by atoms with van der Waals surface area (Å²) in [6, 6.07) is 19.1. The number of aromatic nitrogens is 4. The van der Waals surface area contributed by atoms with E-state index in [1.54, 1.807) is 16.9 Å². The molecule has 1 saturated heterocycles. The predicted octanol–water partition coefficient (Wildman–Crippen LogP) is 6.03. The number of carbonyl (C=O) groups excluding carboxylic acids is 1. The quantitative estimate of drug-likeness (QED) is 0.267. The number of nitrogens with one attached hydrogen (secondary N) is 2. The normalized spacial score (nSPS) is 13.7. The molecule has 42 heavy (non-hydrogen) atoms. The van der Waals surface area contributed by atoms with E-state index in [2.05, 4.69) is 72.3 Å². The first kappa shape index (κ1) is 29.1. The SMILES string of the molecule is CC(C)c1ccc(-n2nc(C(C)(C)C)cc2NC(=O)NCc2ccccc2Oc2ccnc(N3CCOCC3)n2)cc1. The Morgan fingerprint density at radius 2 is 1.79 bits per heavy atom. The van der Waals surface area contributed by atoms with Gasteiger partial charge in [-0.15, -0.1) is 0 Å². The zero-order chi connectivity index (χ0) is 29.7. The standard InChI is InChI=1S/C32H39N7O3/c1-22(2)23-10-12-25(13-11-23)39-28(20-27(37-39)32(3,4)5)35-31(40)34-21-24-8-6-7-9-26(24)42-29-14-15-33-30(36-29)38-16-18-41-19-17-38/h6-15,20,22H,16-19,21H2,1-5H3,(H2,34,35,40). The molecule has 0 spiro atoms. The third kappa shape index (κ3) is 7.06. The van der Waals surface area contributed by atoms with Crippen LogP contribution in [0.25, 0.3) is 5.69 Å². The van der Waals surface area contributed by atoms with Gasteiger partial charge in [-0.2, -0.15) is 10.1 Å². The summed E-state index contributed by atoms with van der Waals surface area (Å²) in [4.78, 5) is 24.2. The summed E-state index contributed by atoms with van der Waals surface area (Å²) in [5.41, 5.74) is 3.63. The maximum Gasteiger partial charge on any atom is 0.320 e. The number of carbonyl (C=O) groups is 1. The minimum absolute atomic E-state index is 0.186. The first-order valence-electron chi connectivity index (χ1n) is 14.3. The lowest BCUT2D eigenvalue weighted by Crippen LogP contribution is -2.37. The Labute approximate surface area is 247 Å². The third-order valence-corrected chi connectivity index (χ3v) is 7.06. The van der Waals surface area contributed by atoms with Crippen molar-refractivity contribution in [1.82, 2.24) is 25.1 Å². The second kappa shape index (κ2) is 12.6. The molecule has 4 aromatic rings. The number of urea groups is 1. The van der Waals surface area contributed by atoms with Crippen molar-refractivity contribution in [2.75, 3.05) is 36.5 Å². The Kier molecular flexibility index (Phi) is 8.72. The summed E-state index contributed by atoms with van der Waals surface area (Å²) in [5.74, 6) is 2.67. The number of rotatable bonds is 8. The summed E-state index contributed by atoms with van der Waals surface area (Å²) in [6.45, 7) is 13.7. The molecule has 0 bridgehead atoms. The summed E-state index contributed by atoms with van der Waals surface area (Å²) in [6.07, 6.45) is 1.69. The third-order valence-electron chi connectivity index (χ3n) is 7.06. The van der Waals surface area contributed by atoms with E-state index in [0.717, 1.165) is 30.0 Å². The van der Waals surface area contributed by atoms with Gasteiger partial charge in [0.25, 0.3) is 0 Å². The second-order valence-corrected chi connectivity index (χ2v) is 11.6. The van der Waals surface area contributed by atoms with Gasteiger partial charge in [0.05, 0.1) is 24.6 Å². The number of para-hydroxylation sites is 1. The van der Waals surface area contributed by atoms with E-state index in [-0.39, 0.29) is 18.0 Å². The fourth-order valence-corrected chi connectivity index (χ4v) is 4.54. The van der Waals surface area contributed by atoms with Gasteiger partial charge in [-0.25, -0.2) is 14.5 Å². The lowest BCUT2D eigenvalue weighted by Gasteiger charge is -2.26. The Bertz CT molecular complexity index is 1500. The molecule has 0 aliphatic carbocycles. The van der Waals surface area contributed by atoms with Crippen molar-refractivity contribution in [3.05, 3.63) is 83.7 Å². The highest BCUT2D eigenvalue weighted by Gasteiger charge is 2.22. The lowest BCUT2D eigenvalue weighted by atomic mass is 9.92. The maximum atomic E-state index is 13.1. The molecule has 1 fully saturated rings. The van der Waals surface area contributed by atoms with Crippen molar-refractivity contribution < 1.29 is 14.3 Å². The van der Waals surface area contributed by atoms with E-state index in [1.807, 2.05) is 42.5 Å². The van der Waals surface area contributed by atoms with E-state index in [9.17, 15) is 4.79 Å². The van der Waals surface area contributed by atoms with Gasteiger partial charge in [0, 0.05) is 48.9 Å². The van der Waals surface area contributed by atoms with Gasteiger partial charge in [-0.1, -0.05) is 65.0 Å². The molecular formula is C32H39N7O3. The van der Waals surface area contributed by atoms with Gasteiger partial charge in [-0.05, 0) is 29.7 Å². The molecule has 5 rings (SSSR count). The lowest BCUT2D eigenvalue weighted by molar-refractivity contribution is 0.122. The fourth-order valence-electron chi connectivity index (χ4n) is 4.54. The molecule has 220 valence electrons. The average Bonchev–Trinajstić information content (AvgIpc) is 3.42. The van der Waals surface area contributed by atoms with Crippen LogP contribution in [0, 0.1) is 0 Å². The van der Waals surface area contributed by atoms with E-state index in [1.165, 1.54) is 5.56 Å². The Morgan fingerprint density at radius 1 is 1.05 bits per heavy atom. The Hall–Kier alpha value is -4.44. The highest BCUT2D eigenvalue weighted by molar-refractivity contribution is 5.88. The first-order valence-corrected chi connectivity index (χ1v) is 14.3. The van der Waals surface area contributed by atoms with Crippen molar-refractivity contribution in [1.29, 1.82) is 0 Å². The Balaban J connectivity index is 1.28. The number of hydrogen-bond acceptors (Lipinski definition) is 7. The second-order valence-electron chi connectivity index (χ2n) is 11.6. The highest BCUT2D eigenvalue weighted by Crippen LogP contribution is 2.28. The molecule has 2 aromatic carbocycles. The van der Waals surface area contributed by atoms with Gasteiger partial charge < -0.3 is 19.7 Å². The molecule has 0 atom stereocenters. The van der Waals surface area contributed by atoms with Crippen molar-refractivity contribution in [3.8, 4) is 17.3 Å². The van der Waals surface area contributed by atoms with Crippen LogP contribution in [-0.2, 0) is 16.7 Å². The minimum Gasteiger partial charge on any atom is -0.439 e. The molecule has 10 nitrogen and oxygen atoms in total. The molecule has 0 saturated carbocycles. The van der Waals surface area contributed by atoms with Crippen LogP contribution < -0.4 is 20.3 Å². The molecule has 0 unspecified atom stereocenters. The number of nitrogens with zero attached hydrogens (tertiary/aromatic N) is 5. The highest BCUT2D eigenvalue weighted by atomic mass is 16.5. The molecule has 1 aliphatic heterocycles. The zero-order valence-electron chi connectivity index (χ0n) is 24.9. The zero-order valence-corrected chi connectivity index (χ0v) is 24.9. The molecular weight excluding hydrogens is 530 g/mol. The Morgan fingerprint density at radius 3 is 2.50 bits per heavy atom. The van der Waals surface area contributed by atoms with E-state index >= 15 is 0 Å². The molecule has 1 aliphatic rings. The summed E-state index contributed by atoms with van der Waals surface area (Å²) in [7, 11) is 0. The van der Waals surface area contributed by atoms with Gasteiger partial charge >= 0.3 is 6.03 Å². The van der Waals surface area contributed by atoms with Crippen molar-refractivity contribution in [2.24, 2.45) is 0 Å². The fraction of sp³-hybridized carbons (Fsp3) is 0.375. The number of ether oxygens (including phenoxy) is 2. The smallest absolute Gasteiger partial charge is 0.320 e. The minimum atomic E-state index is -0.346. The maximum absolute atomic E-state index is 13.1. The van der Waals surface area contributed by atoms with Gasteiger partial charge in [-0.3, -0.25) is 5.32 Å². The molecule has 10 heteroatoms. The topological polar surface area (TPSA) is 106 Å².